The van der Waals surface area contributed by atoms with Crippen LogP contribution in [-0.4, -0.2) is 38.1 Å². The Morgan fingerprint density at radius 2 is 2.00 bits per heavy atom. The third-order valence-corrected chi connectivity index (χ3v) is 3.28. The Morgan fingerprint density at radius 3 is 2.62 bits per heavy atom. The van der Waals surface area contributed by atoms with E-state index >= 15 is 0 Å². The Bertz CT molecular complexity index is 506. The highest BCUT2D eigenvalue weighted by atomic mass is 16.7. The molecule has 0 amide bonds. The van der Waals surface area contributed by atoms with Crippen LogP contribution in [-0.2, 0) is 14.3 Å². The summed E-state index contributed by atoms with van der Waals surface area (Å²) in [5.41, 5.74) is 4.74. The molecule has 0 saturated carbocycles. The monoisotopic (exact) mass is 291 g/mol. The van der Waals surface area contributed by atoms with Crippen LogP contribution in [0, 0.1) is 0 Å². The first-order valence-corrected chi connectivity index (χ1v) is 7.22. The van der Waals surface area contributed by atoms with Gasteiger partial charge in [0.1, 0.15) is 24.1 Å². The van der Waals surface area contributed by atoms with Gasteiger partial charge in [0.05, 0.1) is 25.5 Å². The van der Waals surface area contributed by atoms with Crippen molar-refractivity contribution in [1.82, 2.24) is 5.48 Å². The van der Waals surface area contributed by atoms with Gasteiger partial charge in [0.2, 0.25) is 0 Å². The molecule has 0 bridgehead atoms. The van der Waals surface area contributed by atoms with Gasteiger partial charge in [0, 0.05) is 0 Å². The highest BCUT2D eigenvalue weighted by Gasteiger charge is 2.24. The molecule has 1 saturated heterocycles. The van der Waals surface area contributed by atoms with Crippen molar-refractivity contribution in [3.63, 3.8) is 0 Å². The van der Waals surface area contributed by atoms with Crippen molar-refractivity contribution in [2.75, 3.05) is 26.4 Å². The van der Waals surface area contributed by atoms with E-state index in [1.54, 1.807) is 0 Å². The van der Waals surface area contributed by atoms with E-state index in [0.29, 0.717) is 25.9 Å². The minimum atomic E-state index is -0.271. The molecule has 1 atom stereocenters. The van der Waals surface area contributed by atoms with Crippen molar-refractivity contribution >= 4 is 5.70 Å². The van der Waals surface area contributed by atoms with Gasteiger partial charge < -0.3 is 14.2 Å². The van der Waals surface area contributed by atoms with Crippen molar-refractivity contribution in [2.45, 2.75) is 25.6 Å². The topological polar surface area (TPSA) is 52.2 Å². The minimum Gasteiger partial charge on any atom is -0.491 e. The Morgan fingerprint density at radius 1 is 1.24 bits per heavy atom. The SMILES string of the molecule is CC1(C)C=C(c2ccc(OCCOCC3CO3)cc2)NO1. The molecule has 1 N–H and O–H groups in total. The highest BCUT2D eigenvalue weighted by Crippen LogP contribution is 2.26. The molecule has 21 heavy (non-hydrogen) atoms. The summed E-state index contributed by atoms with van der Waals surface area (Å²) >= 11 is 0. The van der Waals surface area contributed by atoms with E-state index in [-0.39, 0.29) is 5.60 Å². The second-order valence-electron chi connectivity index (χ2n) is 5.77. The fourth-order valence-electron chi connectivity index (χ4n) is 2.06. The van der Waals surface area contributed by atoms with Gasteiger partial charge in [-0.15, -0.1) is 0 Å². The molecule has 1 unspecified atom stereocenters. The molecule has 2 aliphatic heterocycles. The molecule has 1 aromatic rings. The normalized spacial score (nSPS) is 22.6. The lowest BCUT2D eigenvalue weighted by Crippen LogP contribution is -2.20. The molecule has 5 nitrogen and oxygen atoms in total. The first-order valence-electron chi connectivity index (χ1n) is 7.22. The molecule has 0 spiro atoms. The fourth-order valence-corrected chi connectivity index (χ4v) is 2.06. The number of epoxide rings is 1. The molecule has 0 aromatic heterocycles. The Balaban J connectivity index is 1.45. The Kier molecular flexibility index (Phi) is 4.14. The van der Waals surface area contributed by atoms with Crippen LogP contribution in [0.25, 0.3) is 5.70 Å². The second kappa shape index (κ2) is 6.05. The summed E-state index contributed by atoms with van der Waals surface area (Å²) in [6.45, 7) is 6.64. The number of nitrogens with one attached hydrogen (secondary N) is 1. The number of ether oxygens (including phenoxy) is 3. The number of hydroxylamine groups is 1. The zero-order chi connectivity index (χ0) is 14.7. The molecule has 3 rings (SSSR count). The predicted molar refractivity (Wildman–Crippen MR) is 78.8 cm³/mol. The largest absolute Gasteiger partial charge is 0.491 e. The highest BCUT2D eigenvalue weighted by molar-refractivity contribution is 5.66. The van der Waals surface area contributed by atoms with Crippen LogP contribution >= 0.6 is 0 Å². The standard InChI is InChI=1S/C16H21NO4/c1-16(2)9-15(17-21-16)12-3-5-13(6-4-12)19-8-7-18-10-14-11-20-14/h3-6,9,14,17H,7-8,10-11H2,1-2H3. The van der Waals surface area contributed by atoms with Crippen LogP contribution in [0.1, 0.15) is 19.4 Å². The zero-order valence-corrected chi connectivity index (χ0v) is 12.4. The predicted octanol–water partition coefficient (Wildman–Crippen LogP) is 2.14. The lowest BCUT2D eigenvalue weighted by atomic mass is 10.1. The molecule has 1 fully saturated rings. The number of hydrogen-bond donors (Lipinski definition) is 1. The molecular formula is C16H21NO4. The third kappa shape index (κ3) is 4.20. The molecule has 2 aliphatic rings. The zero-order valence-electron chi connectivity index (χ0n) is 12.4. The molecule has 114 valence electrons. The van der Waals surface area contributed by atoms with E-state index in [2.05, 4.69) is 11.6 Å². The van der Waals surface area contributed by atoms with Gasteiger partial charge in [0.25, 0.3) is 0 Å². The van der Waals surface area contributed by atoms with Gasteiger partial charge >= 0.3 is 0 Å². The summed E-state index contributed by atoms with van der Waals surface area (Å²) in [6, 6.07) is 7.93. The van der Waals surface area contributed by atoms with Crippen LogP contribution in [0.4, 0.5) is 0 Å². The second-order valence-corrected chi connectivity index (χ2v) is 5.77. The molecular weight excluding hydrogens is 270 g/mol. The lowest BCUT2D eigenvalue weighted by Gasteiger charge is -2.11. The van der Waals surface area contributed by atoms with Crippen LogP contribution in [0.15, 0.2) is 30.3 Å². The first-order chi connectivity index (χ1) is 10.1. The average Bonchev–Trinajstić information content (AvgIpc) is 3.22. The summed E-state index contributed by atoms with van der Waals surface area (Å²) in [5, 5.41) is 0. The molecule has 1 aromatic carbocycles. The van der Waals surface area contributed by atoms with E-state index in [1.165, 1.54) is 0 Å². The number of hydrogen-bond acceptors (Lipinski definition) is 5. The number of rotatable bonds is 7. The van der Waals surface area contributed by atoms with E-state index in [9.17, 15) is 0 Å². The summed E-state index contributed by atoms with van der Waals surface area (Å²) in [4.78, 5) is 5.45. The van der Waals surface area contributed by atoms with Gasteiger partial charge in [-0.2, -0.15) is 0 Å². The molecule has 5 heteroatoms. The number of benzene rings is 1. The maximum absolute atomic E-state index is 5.63. The van der Waals surface area contributed by atoms with Crippen molar-refractivity contribution in [1.29, 1.82) is 0 Å². The first kappa shape index (κ1) is 14.4. The minimum absolute atomic E-state index is 0.271. The van der Waals surface area contributed by atoms with Gasteiger partial charge in [-0.25, -0.2) is 0 Å². The van der Waals surface area contributed by atoms with Crippen molar-refractivity contribution in [3.05, 3.63) is 35.9 Å². The van der Waals surface area contributed by atoms with Crippen LogP contribution < -0.4 is 10.2 Å². The van der Waals surface area contributed by atoms with Crippen LogP contribution in [0.5, 0.6) is 5.75 Å². The van der Waals surface area contributed by atoms with E-state index in [0.717, 1.165) is 23.6 Å². The van der Waals surface area contributed by atoms with Crippen LogP contribution in [0.2, 0.25) is 0 Å². The van der Waals surface area contributed by atoms with E-state index in [4.69, 9.17) is 19.0 Å². The maximum atomic E-state index is 5.63. The average molecular weight is 291 g/mol. The Hall–Kier alpha value is -1.56. The fraction of sp³-hybridized carbons (Fsp3) is 0.500. The third-order valence-electron chi connectivity index (χ3n) is 3.28. The van der Waals surface area contributed by atoms with E-state index < -0.39 is 0 Å². The molecule has 2 heterocycles. The lowest BCUT2D eigenvalue weighted by molar-refractivity contribution is -0.00839. The summed E-state index contributed by atoms with van der Waals surface area (Å²) < 4.78 is 16.1. The van der Waals surface area contributed by atoms with Crippen molar-refractivity contribution in [2.24, 2.45) is 0 Å². The smallest absolute Gasteiger partial charge is 0.119 e. The molecule has 0 aliphatic carbocycles. The summed E-state index contributed by atoms with van der Waals surface area (Å²) in [7, 11) is 0. The van der Waals surface area contributed by atoms with Gasteiger partial charge in [0.15, 0.2) is 0 Å². The Labute approximate surface area is 124 Å². The van der Waals surface area contributed by atoms with E-state index in [1.807, 2.05) is 38.1 Å². The van der Waals surface area contributed by atoms with Gasteiger partial charge in [-0.05, 0) is 49.8 Å². The van der Waals surface area contributed by atoms with Gasteiger partial charge in [-0.3, -0.25) is 10.3 Å². The maximum Gasteiger partial charge on any atom is 0.119 e. The van der Waals surface area contributed by atoms with Gasteiger partial charge in [-0.1, -0.05) is 0 Å². The molecule has 0 radical (unpaired) electrons. The quantitative estimate of drug-likeness (QED) is 0.616. The van der Waals surface area contributed by atoms with Crippen molar-refractivity contribution < 1.29 is 19.0 Å². The van der Waals surface area contributed by atoms with Crippen LogP contribution in [0.3, 0.4) is 0 Å². The summed E-state index contributed by atoms with van der Waals surface area (Å²) in [6.07, 6.45) is 2.37. The van der Waals surface area contributed by atoms with Crippen molar-refractivity contribution in [3.8, 4) is 5.75 Å². The summed E-state index contributed by atoms with van der Waals surface area (Å²) in [5.74, 6) is 0.837.